The zero-order valence-corrected chi connectivity index (χ0v) is 12.5. The van der Waals surface area contributed by atoms with E-state index in [0.29, 0.717) is 17.8 Å². The Balaban J connectivity index is 0.000000873. The summed E-state index contributed by atoms with van der Waals surface area (Å²) < 4.78 is 0. The molecule has 0 amide bonds. The summed E-state index contributed by atoms with van der Waals surface area (Å²) in [5.41, 5.74) is 1.70. The van der Waals surface area contributed by atoms with E-state index in [4.69, 9.17) is 6.58 Å². The van der Waals surface area contributed by atoms with Crippen LogP contribution < -0.4 is 0 Å². The summed E-state index contributed by atoms with van der Waals surface area (Å²) in [6, 6.07) is 0. The molecule has 1 heteroatoms. The minimum atomic E-state index is 0.226. The van der Waals surface area contributed by atoms with E-state index in [1.165, 1.54) is 24.5 Å². The number of hydrogen-bond donors (Lipinski definition) is 0. The number of hydrogen-bond acceptors (Lipinski definition) is 1. The highest BCUT2D eigenvalue weighted by Gasteiger charge is 2.30. The van der Waals surface area contributed by atoms with Gasteiger partial charge >= 0.3 is 0 Å². The SMILES string of the molecule is CCC(=O)/C=C/C1C(C)=CCCC1(C)C.[CH]=CC. The van der Waals surface area contributed by atoms with Gasteiger partial charge in [-0.3, -0.25) is 4.79 Å². The van der Waals surface area contributed by atoms with Crippen LogP contribution >= 0.6 is 0 Å². The van der Waals surface area contributed by atoms with Crippen LogP contribution in [0.5, 0.6) is 0 Å². The van der Waals surface area contributed by atoms with Gasteiger partial charge < -0.3 is 0 Å². The lowest BCUT2D eigenvalue weighted by Gasteiger charge is -2.36. The second-order valence-corrected chi connectivity index (χ2v) is 5.47. The molecule has 1 nitrogen and oxygen atoms in total. The Bertz CT molecular complexity index is 332. The lowest BCUT2D eigenvalue weighted by Crippen LogP contribution is -2.26. The van der Waals surface area contributed by atoms with E-state index in [0.717, 1.165) is 0 Å². The first-order valence-corrected chi connectivity index (χ1v) is 6.76. The average Bonchev–Trinajstić information content (AvgIpc) is 2.28. The van der Waals surface area contributed by atoms with Crippen molar-refractivity contribution in [3.8, 4) is 0 Å². The average molecular weight is 247 g/mol. The van der Waals surface area contributed by atoms with Crippen molar-refractivity contribution in [1.82, 2.24) is 0 Å². The highest BCUT2D eigenvalue weighted by atomic mass is 16.1. The summed E-state index contributed by atoms with van der Waals surface area (Å²) in [6.07, 6.45) is 10.6. The van der Waals surface area contributed by atoms with Gasteiger partial charge in [0, 0.05) is 12.3 Å². The molecule has 1 aliphatic carbocycles. The zero-order valence-electron chi connectivity index (χ0n) is 12.5. The van der Waals surface area contributed by atoms with E-state index in [9.17, 15) is 4.79 Å². The summed E-state index contributed by atoms with van der Waals surface area (Å²) in [4.78, 5) is 11.3. The Morgan fingerprint density at radius 2 is 2.11 bits per heavy atom. The molecule has 1 unspecified atom stereocenters. The lowest BCUT2D eigenvalue weighted by molar-refractivity contribution is -0.114. The Hall–Kier alpha value is -1.11. The quantitative estimate of drug-likeness (QED) is 0.512. The van der Waals surface area contributed by atoms with Crippen molar-refractivity contribution in [1.29, 1.82) is 0 Å². The first-order valence-electron chi connectivity index (χ1n) is 6.76. The molecular weight excluding hydrogens is 220 g/mol. The predicted molar refractivity (Wildman–Crippen MR) is 79.2 cm³/mol. The fourth-order valence-electron chi connectivity index (χ4n) is 2.30. The van der Waals surface area contributed by atoms with Crippen LogP contribution in [0.2, 0.25) is 0 Å². The molecule has 0 fully saturated rings. The molecule has 0 saturated carbocycles. The number of ketones is 1. The maximum Gasteiger partial charge on any atom is 0.155 e. The number of carbonyl (C=O) groups is 1. The van der Waals surface area contributed by atoms with Gasteiger partial charge in [0.15, 0.2) is 5.78 Å². The van der Waals surface area contributed by atoms with Gasteiger partial charge in [0.2, 0.25) is 0 Å². The van der Waals surface area contributed by atoms with Crippen LogP contribution in [0.25, 0.3) is 0 Å². The second-order valence-electron chi connectivity index (χ2n) is 5.47. The van der Waals surface area contributed by atoms with Gasteiger partial charge in [-0.05, 0) is 38.2 Å². The van der Waals surface area contributed by atoms with Gasteiger partial charge in [-0.1, -0.05) is 51.2 Å². The minimum Gasteiger partial charge on any atom is -0.295 e. The molecular formula is C17H27O. The minimum absolute atomic E-state index is 0.226. The highest BCUT2D eigenvalue weighted by Crippen LogP contribution is 2.41. The van der Waals surface area contributed by atoms with Gasteiger partial charge in [-0.2, -0.15) is 0 Å². The number of allylic oxidation sites excluding steroid dienone is 5. The van der Waals surface area contributed by atoms with Crippen molar-refractivity contribution < 1.29 is 4.79 Å². The van der Waals surface area contributed by atoms with Crippen molar-refractivity contribution in [2.75, 3.05) is 0 Å². The van der Waals surface area contributed by atoms with Gasteiger partial charge in [-0.25, -0.2) is 0 Å². The number of rotatable bonds is 3. The van der Waals surface area contributed by atoms with E-state index in [-0.39, 0.29) is 5.78 Å². The largest absolute Gasteiger partial charge is 0.295 e. The first-order chi connectivity index (χ1) is 8.38. The van der Waals surface area contributed by atoms with Crippen molar-refractivity contribution in [2.24, 2.45) is 11.3 Å². The standard InChI is InChI=1S/C14H22O.C3H5/c1-5-12(15)8-9-13-11(2)7-6-10-14(13,3)4;1-3-2/h7-9,13H,5-6,10H2,1-4H3;1,3H,2H3/b9-8+;. The molecule has 0 aliphatic heterocycles. The molecule has 1 radical (unpaired) electrons. The maximum atomic E-state index is 11.3. The van der Waals surface area contributed by atoms with Crippen LogP contribution in [-0.4, -0.2) is 5.78 Å². The lowest BCUT2D eigenvalue weighted by atomic mass is 9.68. The van der Waals surface area contributed by atoms with Crippen molar-refractivity contribution in [3.63, 3.8) is 0 Å². The summed E-state index contributed by atoms with van der Waals surface area (Å²) in [7, 11) is 0. The van der Waals surface area contributed by atoms with Gasteiger partial charge in [-0.15, -0.1) is 0 Å². The molecule has 1 atom stereocenters. The second kappa shape index (κ2) is 8.07. The summed E-state index contributed by atoms with van der Waals surface area (Å²) in [5, 5.41) is 0. The molecule has 0 bridgehead atoms. The fraction of sp³-hybridized carbons (Fsp3) is 0.588. The Morgan fingerprint density at radius 3 is 2.56 bits per heavy atom. The van der Waals surface area contributed by atoms with Crippen molar-refractivity contribution in [2.45, 2.75) is 53.9 Å². The van der Waals surface area contributed by atoms with Crippen LogP contribution in [0.15, 0.2) is 29.9 Å². The van der Waals surface area contributed by atoms with Crippen LogP contribution in [0.1, 0.15) is 53.9 Å². The predicted octanol–water partition coefficient (Wildman–Crippen LogP) is 4.90. The monoisotopic (exact) mass is 247 g/mol. The highest BCUT2D eigenvalue weighted by molar-refractivity contribution is 5.89. The number of carbonyl (C=O) groups excluding carboxylic acids is 1. The Labute approximate surface area is 113 Å². The third-order valence-corrected chi connectivity index (χ3v) is 3.41. The topological polar surface area (TPSA) is 17.1 Å². The van der Waals surface area contributed by atoms with Gasteiger partial charge in [0.25, 0.3) is 0 Å². The third-order valence-electron chi connectivity index (χ3n) is 3.41. The van der Waals surface area contributed by atoms with Crippen LogP contribution in [0.3, 0.4) is 0 Å². The molecule has 0 spiro atoms. The zero-order chi connectivity index (χ0) is 14.2. The summed E-state index contributed by atoms with van der Waals surface area (Å²) in [5.74, 6) is 0.658. The molecule has 0 aromatic carbocycles. The van der Waals surface area contributed by atoms with E-state index in [1.54, 1.807) is 13.0 Å². The molecule has 0 heterocycles. The van der Waals surface area contributed by atoms with Gasteiger partial charge in [0.1, 0.15) is 0 Å². The van der Waals surface area contributed by atoms with Gasteiger partial charge in [0.05, 0.1) is 0 Å². The van der Waals surface area contributed by atoms with E-state index >= 15 is 0 Å². The Morgan fingerprint density at radius 1 is 1.56 bits per heavy atom. The fourth-order valence-corrected chi connectivity index (χ4v) is 2.30. The molecule has 18 heavy (non-hydrogen) atoms. The molecule has 0 N–H and O–H groups in total. The van der Waals surface area contributed by atoms with Crippen LogP contribution in [0.4, 0.5) is 0 Å². The van der Waals surface area contributed by atoms with E-state index < -0.39 is 0 Å². The smallest absolute Gasteiger partial charge is 0.155 e. The molecule has 101 valence electrons. The normalized spacial score (nSPS) is 21.8. The van der Waals surface area contributed by atoms with E-state index in [1.807, 2.05) is 6.92 Å². The molecule has 0 aromatic heterocycles. The molecule has 0 saturated heterocycles. The summed E-state index contributed by atoms with van der Waals surface area (Å²) in [6.45, 7) is 15.2. The first kappa shape index (κ1) is 16.9. The van der Waals surface area contributed by atoms with Crippen molar-refractivity contribution >= 4 is 5.78 Å². The van der Waals surface area contributed by atoms with Crippen LogP contribution in [-0.2, 0) is 4.79 Å². The molecule has 1 aliphatic rings. The molecule has 1 rings (SSSR count). The molecule has 0 aromatic rings. The third kappa shape index (κ3) is 5.48. The van der Waals surface area contributed by atoms with E-state index in [2.05, 4.69) is 32.9 Å². The summed E-state index contributed by atoms with van der Waals surface area (Å²) >= 11 is 0. The van der Waals surface area contributed by atoms with Crippen LogP contribution in [0, 0.1) is 17.9 Å². The van der Waals surface area contributed by atoms with Crippen molar-refractivity contribution in [3.05, 3.63) is 36.5 Å². The Kier molecular flexibility index (Phi) is 7.58. The maximum absolute atomic E-state index is 11.3.